The Labute approximate surface area is 177 Å². The van der Waals surface area contributed by atoms with Gasteiger partial charge in [0, 0.05) is 24.8 Å². The largest absolute Gasteiger partial charge is 0.495 e. The van der Waals surface area contributed by atoms with E-state index in [9.17, 15) is 4.79 Å². The molecular formula is C18H21ClN6O3S. The minimum atomic E-state index is -0.207. The van der Waals surface area contributed by atoms with Gasteiger partial charge in [0.05, 0.1) is 25.7 Å². The lowest BCUT2D eigenvalue weighted by Gasteiger charge is -2.10. The van der Waals surface area contributed by atoms with Gasteiger partial charge in [0.15, 0.2) is 11.0 Å². The van der Waals surface area contributed by atoms with Gasteiger partial charge >= 0.3 is 0 Å². The van der Waals surface area contributed by atoms with Crippen molar-refractivity contribution >= 4 is 35.0 Å². The first-order valence-electron chi connectivity index (χ1n) is 8.74. The third-order valence-corrected chi connectivity index (χ3v) is 5.23. The molecule has 29 heavy (non-hydrogen) atoms. The smallest absolute Gasteiger partial charge is 0.243 e. The maximum Gasteiger partial charge on any atom is 0.243 e. The second-order valence-electron chi connectivity index (χ2n) is 5.96. The molecule has 0 bridgehead atoms. The monoisotopic (exact) mass is 436 g/mol. The minimum Gasteiger partial charge on any atom is -0.495 e. The Morgan fingerprint density at radius 1 is 1.28 bits per heavy atom. The van der Waals surface area contributed by atoms with E-state index in [4.69, 9.17) is 21.1 Å². The average molecular weight is 437 g/mol. The number of nitrogens with zero attached hydrogens (tertiary/aromatic N) is 5. The molecule has 11 heteroatoms. The van der Waals surface area contributed by atoms with Gasteiger partial charge in [-0.2, -0.15) is 0 Å². The number of anilines is 1. The third-order valence-electron chi connectivity index (χ3n) is 4.03. The zero-order valence-electron chi connectivity index (χ0n) is 16.5. The van der Waals surface area contributed by atoms with Crippen molar-refractivity contribution in [1.82, 2.24) is 24.5 Å². The Morgan fingerprint density at radius 3 is 2.76 bits per heavy atom. The number of benzene rings is 1. The van der Waals surface area contributed by atoms with E-state index in [1.54, 1.807) is 30.0 Å². The topological polar surface area (TPSA) is 96.1 Å². The van der Waals surface area contributed by atoms with E-state index < -0.39 is 0 Å². The maximum atomic E-state index is 12.4. The fourth-order valence-electron chi connectivity index (χ4n) is 2.75. The van der Waals surface area contributed by atoms with E-state index >= 15 is 0 Å². The molecule has 1 N–H and O–H groups in total. The van der Waals surface area contributed by atoms with Crippen molar-refractivity contribution in [2.45, 2.75) is 18.6 Å². The first-order valence-corrected chi connectivity index (χ1v) is 10.1. The summed E-state index contributed by atoms with van der Waals surface area (Å²) in [6, 6.07) is 5.04. The Balaban J connectivity index is 1.74. The molecule has 154 valence electrons. The summed E-state index contributed by atoms with van der Waals surface area (Å²) >= 11 is 7.29. The van der Waals surface area contributed by atoms with E-state index in [-0.39, 0.29) is 11.7 Å². The summed E-state index contributed by atoms with van der Waals surface area (Å²) in [7, 11) is 4.90. The van der Waals surface area contributed by atoms with E-state index in [0.29, 0.717) is 39.9 Å². The van der Waals surface area contributed by atoms with E-state index in [2.05, 4.69) is 20.6 Å². The van der Waals surface area contributed by atoms with Crippen LogP contribution in [-0.4, -0.2) is 50.4 Å². The molecule has 0 saturated heterocycles. The van der Waals surface area contributed by atoms with Crippen LogP contribution in [0.2, 0.25) is 5.02 Å². The normalized spacial score (nSPS) is 10.8. The number of methoxy groups -OCH3 is 2. The number of nitrogens with one attached hydrogen (secondary N) is 1. The predicted octanol–water partition coefficient (Wildman–Crippen LogP) is 3.10. The molecule has 3 rings (SSSR count). The first kappa shape index (κ1) is 21.0. The van der Waals surface area contributed by atoms with Crippen molar-refractivity contribution in [3.05, 3.63) is 29.4 Å². The summed E-state index contributed by atoms with van der Waals surface area (Å²) in [6.07, 6.45) is 1.82. The number of hydrogen-bond donors (Lipinski definition) is 1. The molecule has 0 saturated carbocycles. The molecule has 0 aliphatic rings. The molecule has 0 atom stereocenters. The van der Waals surface area contributed by atoms with Crippen LogP contribution in [0.1, 0.15) is 6.92 Å². The summed E-state index contributed by atoms with van der Waals surface area (Å²) in [5.41, 5.74) is 1.26. The lowest BCUT2D eigenvalue weighted by atomic mass is 10.3. The number of amides is 1. The summed E-state index contributed by atoms with van der Waals surface area (Å²) in [5.74, 6) is 1.59. The Morgan fingerprint density at radius 2 is 2.07 bits per heavy atom. The Hall–Kier alpha value is -2.72. The van der Waals surface area contributed by atoms with Crippen LogP contribution in [0.4, 0.5) is 5.69 Å². The van der Waals surface area contributed by atoms with Crippen LogP contribution in [0.15, 0.2) is 29.6 Å². The molecular weight excluding hydrogens is 416 g/mol. The van der Waals surface area contributed by atoms with Crippen LogP contribution in [0, 0.1) is 0 Å². The van der Waals surface area contributed by atoms with Gasteiger partial charge in [-0.3, -0.25) is 9.48 Å². The molecule has 0 aliphatic carbocycles. The number of hydrogen-bond acceptors (Lipinski definition) is 7. The van der Waals surface area contributed by atoms with Gasteiger partial charge in [0.1, 0.15) is 11.3 Å². The summed E-state index contributed by atoms with van der Waals surface area (Å²) in [4.78, 5) is 12.4. The minimum absolute atomic E-state index is 0.151. The summed E-state index contributed by atoms with van der Waals surface area (Å²) in [6.45, 7) is 2.61. The van der Waals surface area contributed by atoms with Gasteiger partial charge in [-0.25, -0.2) is 0 Å². The van der Waals surface area contributed by atoms with Gasteiger partial charge in [0.25, 0.3) is 0 Å². The number of thioether (sulfide) groups is 1. The summed E-state index contributed by atoms with van der Waals surface area (Å²) in [5, 5.41) is 16.7. The van der Waals surface area contributed by atoms with Gasteiger partial charge in [-0.05, 0) is 25.1 Å². The lowest BCUT2D eigenvalue weighted by Crippen LogP contribution is -2.15. The lowest BCUT2D eigenvalue weighted by molar-refractivity contribution is -0.113. The molecule has 0 spiro atoms. The highest BCUT2D eigenvalue weighted by molar-refractivity contribution is 7.99. The molecule has 2 aromatic heterocycles. The van der Waals surface area contributed by atoms with Gasteiger partial charge in [0.2, 0.25) is 11.8 Å². The molecule has 0 unspecified atom stereocenters. The number of ether oxygens (including phenoxy) is 2. The van der Waals surface area contributed by atoms with Crippen LogP contribution in [0.5, 0.6) is 11.6 Å². The van der Waals surface area contributed by atoms with Crippen molar-refractivity contribution in [3.63, 3.8) is 0 Å². The zero-order chi connectivity index (χ0) is 21.0. The molecule has 0 fully saturated rings. The predicted molar refractivity (Wildman–Crippen MR) is 112 cm³/mol. The zero-order valence-corrected chi connectivity index (χ0v) is 18.0. The molecule has 3 aromatic rings. The van der Waals surface area contributed by atoms with E-state index in [1.807, 2.05) is 24.7 Å². The van der Waals surface area contributed by atoms with Gasteiger partial charge in [-0.1, -0.05) is 23.4 Å². The molecule has 1 amide bonds. The molecule has 2 heterocycles. The summed E-state index contributed by atoms with van der Waals surface area (Å²) < 4.78 is 14.1. The number of carbonyl (C=O) groups excluding carboxylic acids is 1. The van der Waals surface area contributed by atoms with Gasteiger partial charge < -0.3 is 19.4 Å². The van der Waals surface area contributed by atoms with Crippen LogP contribution in [0.3, 0.4) is 0 Å². The van der Waals surface area contributed by atoms with Crippen molar-refractivity contribution < 1.29 is 14.3 Å². The van der Waals surface area contributed by atoms with Crippen LogP contribution in [-0.2, 0) is 18.4 Å². The first-order chi connectivity index (χ1) is 14.0. The highest BCUT2D eigenvalue weighted by Gasteiger charge is 2.20. The SMILES string of the molecule is CCn1c(SCC(=O)Nc2cc(Cl)ccc2OC)nnc1-c1cn(C)nc1OC. The van der Waals surface area contributed by atoms with Crippen molar-refractivity contribution in [2.24, 2.45) is 7.05 Å². The average Bonchev–Trinajstić information content (AvgIpc) is 3.28. The van der Waals surface area contributed by atoms with Crippen LogP contribution >= 0.6 is 23.4 Å². The van der Waals surface area contributed by atoms with Crippen molar-refractivity contribution in [3.8, 4) is 23.0 Å². The third kappa shape index (κ3) is 4.65. The second kappa shape index (κ2) is 9.19. The standard InChI is InChI=1S/C18H21ClN6O3S/c1-5-25-16(12-9-24(2)23-17(12)28-4)21-22-18(25)29-10-15(26)20-13-8-11(19)6-7-14(13)27-3/h6-9H,5,10H2,1-4H3,(H,20,26). The molecule has 1 aromatic carbocycles. The quantitative estimate of drug-likeness (QED) is 0.542. The molecule has 9 nitrogen and oxygen atoms in total. The Bertz CT molecular complexity index is 1020. The van der Waals surface area contributed by atoms with Crippen LogP contribution in [0.25, 0.3) is 11.4 Å². The fourth-order valence-corrected chi connectivity index (χ4v) is 3.72. The molecule has 0 radical (unpaired) electrons. The van der Waals surface area contributed by atoms with E-state index in [0.717, 1.165) is 5.56 Å². The number of aryl methyl sites for hydroxylation is 1. The highest BCUT2D eigenvalue weighted by Crippen LogP contribution is 2.31. The highest BCUT2D eigenvalue weighted by atomic mass is 35.5. The number of aromatic nitrogens is 5. The molecule has 0 aliphatic heterocycles. The number of rotatable bonds is 8. The van der Waals surface area contributed by atoms with Crippen molar-refractivity contribution in [2.75, 3.05) is 25.3 Å². The maximum absolute atomic E-state index is 12.4. The number of halogens is 1. The fraction of sp³-hybridized carbons (Fsp3) is 0.333. The second-order valence-corrected chi connectivity index (χ2v) is 7.34. The van der Waals surface area contributed by atoms with E-state index in [1.165, 1.54) is 18.9 Å². The van der Waals surface area contributed by atoms with Gasteiger partial charge in [-0.15, -0.1) is 15.3 Å². The Kier molecular flexibility index (Phi) is 6.65. The van der Waals surface area contributed by atoms with Crippen LogP contribution < -0.4 is 14.8 Å². The number of carbonyl (C=O) groups is 1. The van der Waals surface area contributed by atoms with Crippen molar-refractivity contribution in [1.29, 1.82) is 0 Å².